The Balaban J connectivity index is 1.69. The average Bonchev–Trinajstić information content (AvgIpc) is 2.74. The lowest BCUT2D eigenvalue weighted by Crippen LogP contribution is -2.41. The zero-order valence-electron chi connectivity index (χ0n) is 17.1. The van der Waals surface area contributed by atoms with Crippen LogP contribution in [0.25, 0.3) is 0 Å². The monoisotopic (exact) mass is 449 g/mol. The first-order valence-electron chi connectivity index (χ1n) is 10.1. The van der Waals surface area contributed by atoms with Crippen LogP contribution in [0.5, 0.6) is 0 Å². The largest absolute Gasteiger partial charge is 0.355 e. The molecule has 1 fully saturated rings. The molecule has 0 unspecified atom stereocenters. The fourth-order valence-electron chi connectivity index (χ4n) is 3.62. The molecule has 30 heavy (non-hydrogen) atoms. The minimum Gasteiger partial charge on any atom is -0.355 e. The molecule has 0 bridgehead atoms. The zero-order chi connectivity index (χ0) is 21.6. The Bertz CT molecular complexity index is 945. The van der Waals surface area contributed by atoms with Gasteiger partial charge in [-0.3, -0.25) is 9.10 Å². The molecule has 0 aromatic heterocycles. The Labute approximate surface area is 183 Å². The lowest BCUT2D eigenvalue weighted by atomic mass is 9.94. The highest BCUT2D eigenvalue weighted by atomic mass is 35.5. The first-order valence-corrected chi connectivity index (χ1v) is 12.0. The first-order chi connectivity index (χ1) is 14.4. The van der Waals surface area contributed by atoms with Gasteiger partial charge in [-0.1, -0.05) is 35.9 Å². The number of rotatable bonds is 8. The molecule has 0 saturated carbocycles. The van der Waals surface area contributed by atoms with Crippen molar-refractivity contribution in [3.8, 4) is 0 Å². The number of sulfonamides is 1. The number of benzene rings is 2. The number of piperidine rings is 1. The Morgan fingerprint density at radius 2 is 1.83 bits per heavy atom. The third-order valence-corrected chi connectivity index (χ3v) is 7.45. The highest BCUT2D eigenvalue weighted by Crippen LogP contribution is 2.26. The van der Waals surface area contributed by atoms with Crippen molar-refractivity contribution in [2.75, 3.05) is 37.5 Å². The van der Waals surface area contributed by atoms with Crippen molar-refractivity contribution in [3.05, 3.63) is 59.6 Å². The van der Waals surface area contributed by atoms with E-state index in [2.05, 4.69) is 17.3 Å². The lowest BCUT2D eigenvalue weighted by Gasteiger charge is -2.29. The highest BCUT2D eigenvalue weighted by molar-refractivity contribution is 7.92. The highest BCUT2D eigenvalue weighted by Gasteiger charge is 2.27. The Morgan fingerprint density at radius 1 is 1.13 bits per heavy atom. The minimum atomic E-state index is -3.91. The summed E-state index contributed by atoms with van der Waals surface area (Å²) >= 11 is 6.08. The van der Waals surface area contributed by atoms with E-state index in [1.807, 2.05) is 0 Å². The van der Waals surface area contributed by atoms with Gasteiger partial charge in [-0.05, 0) is 75.6 Å². The van der Waals surface area contributed by atoms with Crippen LogP contribution >= 0.6 is 11.6 Å². The standard InChI is InChI=1S/C22H28ClN3O3S/c1-25-14-11-18(12-15-25)10-13-24-22(27)17-26(20-7-5-6-19(23)16-20)30(28,29)21-8-3-2-4-9-21/h2-9,16,18H,10-15,17H2,1H3,(H,24,27). The summed E-state index contributed by atoms with van der Waals surface area (Å²) < 4.78 is 27.6. The lowest BCUT2D eigenvalue weighted by molar-refractivity contribution is -0.119. The van der Waals surface area contributed by atoms with Crippen LogP contribution in [0.2, 0.25) is 5.02 Å². The average molecular weight is 450 g/mol. The summed E-state index contributed by atoms with van der Waals surface area (Å²) in [6.45, 7) is 2.40. The molecule has 1 aliphatic rings. The van der Waals surface area contributed by atoms with Gasteiger partial charge >= 0.3 is 0 Å². The van der Waals surface area contributed by atoms with Gasteiger partial charge in [0.15, 0.2) is 0 Å². The molecule has 0 atom stereocenters. The van der Waals surface area contributed by atoms with Crippen LogP contribution in [-0.2, 0) is 14.8 Å². The summed E-state index contributed by atoms with van der Waals surface area (Å²) in [7, 11) is -1.79. The van der Waals surface area contributed by atoms with E-state index in [0.29, 0.717) is 23.2 Å². The predicted molar refractivity (Wildman–Crippen MR) is 120 cm³/mol. The van der Waals surface area contributed by atoms with Gasteiger partial charge in [0.2, 0.25) is 5.91 Å². The van der Waals surface area contributed by atoms with Gasteiger partial charge in [0.1, 0.15) is 6.54 Å². The molecule has 0 aliphatic carbocycles. The Kier molecular flexibility index (Phi) is 7.75. The molecular formula is C22H28ClN3O3S. The summed E-state index contributed by atoms with van der Waals surface area (Å²) in [6.07, 6.45) is 3.16. The van der Waals surface area contributed by atoms with Crippen LogP contribution in [0.3, 0.4) is 0 Å². The zero-order valence-corrected chi connectivity index (χ0v) is 18.7. The van der Waals surface area contributed by atoms with E-state index < -0.39 is 10.0 Å². The molecule has 162 valence electrons. The predicted octanol–water partition coefficient (Wildman–Crippen LogP) is 3.38. The Hall–Kier alpha value is -2.09. The van der Waals surface area contributed by atoms with Gasteiger partial charge in [-0.25, -0.2) is 8.42 Å². The van der Waals surface area contributed by atoms with E-state index in [1.54, 1.807) is 42.5 Å². The van der Waals surface area contributed by atoms with Crippen LogP contribution in [0.1, 0.15) is 19.3 Å². The van der Waals surface area contributed by atoms with E-state index in [-0.39, 0.29) is 17.3 Å². The van der Waals surface area contributed by atoms with Crippen LogP contribution in [0.4, 0.5) is 5.69 Å². The van der Waals surface area contributed by atoms with E-state index in [4.69, 9.17) is 11.6 Å². The second kappa shape index (κ2) is 10.3. The van der Waals surface area contributed by atoms with Crippen molar-refractivity contribution < 1.29 is 13.2 Å². The van der Waals surface area contributed by atoms with Crippen LogP contribution in [0, 0.1) is 5.92 Å². The second-order valence-corrected chi connectivity index (χ2v) is 9.99. The summed E-state index contributed by atoms with van der Waals surface area (Å²) in [5.74, 6) is 0.265. The molecule has 8 heteroatoms. The van der Waals surface area contributed by atoms with Crippen LogP contribution < -0.4 is 9.62 Å². The number of hydrogen-bond donors (Lipinski definition) is 1. The molecule has 2 aromatic rings. The number of likely N-dealkylation sites (tertiary alicyclic amines) is 1. The van der Waals surface area contributed by atoms with E-state index >= 15 is 0 Å². The fraction of sp³-hybridized carbons (Fsp3) is 0.409. The summed E-state index contributed by atoms with van der Waals surface area (Å²) in [4.78, 5) is 15.1. The number of amides is 1. The van der Waals surface area contributed by atoms with Crippen molar-refractivity contribution in [2.45, 2.75) is 24.2 Å². The van der Waals surface area contributed by atoms with Crippen LogP contribution in [0.15, 0.2) is 59.5 Å². The molecule has 2 aromatic carbocycles. The SMILES string of the molecule is CN1CCC(CCNC(=O)CN(c2cccc(Cl)c2)S(=O)(=O)c2ccccc2)CC1. The van der Waals surface area contributed by atoms with Crippen molar-refractivity contribution in [2.24, 2.45) is 5.92 Å². The molecule has 1 aliphatic heterocycles. The van der Waals surface area contributed by atoms with Crippen molar-refractivity contribution in [1.29, 1.82) is 0 Å². The van der Waals surface area contributed by atoms with Crippen molar-refractivity contribution >= 4 is 33.2 Å². The number of halogens is 1. The topological polar surface area (TPSA) is 69.7 Å². The van der Waals surface area contributed by atoms with E-state index in [9.17, 15) is 13.2 Å². The maximum atomic E-state index is 13.2. The van der Waals surface area contributed by atoms with E-state index in [1.165, 1.54) is 12.1 Å². The molecule has 0 spiro atoms. The molecular weight excluding hydrogens is 422 g/mol. The molecule has 1 heterocycles. The summed E-state index contributed by atoms with van der Waals surface area (Å²) in [5, 5.41) is 3.29. The molecule has 1 amide bonds. The second-order valence-electron chi connectivity index (χ2n) is 7.69. The first kappa shape index (κ1) is 22.6. The van der Waals surface area contributed by atoms with Gasteiger partial charge in [0.05, 0.1) is 10.6 Å². The van der Waals surface area contributed by atoms with Crippen LogP contribution in [-0.4, -0.2) is 52.5 Å². The van der Waals surface area contributed by atoms with Gasteiger partial charge in [-0.15, -0.1) is 0 Å². The maximum Gasteiger partial charge on any atom is 0.264 e. The minimum absolute atomic E-state index is 0.129. The Morgan fingerprint density at radius 3 is 2.50 bits per heavy atom. The fourth-order valence-corrected chi connectivity index (χ4v) is 5.24. The number of carbonyl (C=O) groups is 1. The quantitative estimate of drug-likeness (QED) is 0.670. The van der Waals surface area contributed by atoms with E-state index in [0.717, 1.165) is 36.7 Å². The summed E-state index contributed by atoms with van der Waals surface area (Å²) in [5.41, 5.74) is 0.358. The number of nitrogens with zero attached hydrogens (tertiary/aromatic N) is 2. The maximum absolute atomic E-state index is 13.2. The van der Waals surface area contributed by atoms with Gasteiger partial charge < -0.3 is 10.2 Å². The smallest absolute Gasteiger partial charge is 0.264 e. The van der Waals surface area contributed by atoms with Crippen molar-refractivity contribution in [3.63, 3.8) is 0 Å². The van der Waals surface area contributed by atoms with Gasteiger partial charge in [0.25, 0.3) is 10.0 Å². The van der Waals surface area contributed by atoms with Gasteiger partial charge in [-0.2, -0.15) is 0 Å². The number of carbonyl (C=O) groups excluding carboxylic acids is 1. The number of nitrogens with one attached hydrogen (secondary N) is 1. The third-order valence-electron chi connectivity index (χ3n) is 5.43. The molecule has 1 N–H and O–H groups in total. The molecule has 3 rings (SSSR count). The van der Waals surface area contributed by atoms with Gasteiger partial charge in [0, 0.05) is 11.6 Å². The normalized spacial score (nSPS) is 15.7. The third kappa shape index (κ3) is 5.97. The molecule has 1 saturated heterocycles. The van der Waals surface area contributed by atoms with Crippen molar-refractivity contribution in [1.82, 2.24) is 10.2 Å². The molecule has 0 radical (unpaired) electrons. The number of anilines is 1. The summed E-state index contributed by atoms with van der Waals surface area (Å²) in [6, 6.07) is 14.6. The molecule has 6 nitrogen and oxygen atoms in total. The number of hydrogen-bond acceptors (Lipinski definition) is 4.